The molecule has 0 amide bonds. The van der Waals surface area contributed by atoms with Crippen LogP contribution in [0.15, 0.2) is 24.8 Å². The van der Waals surface area contributed by atoms with E-state index in [0.717, 1.165) is 38.2 Å². The first-order valence-electron chi connectivity index (χ1n) is 7.24. The standard InChI is InChI=1S/C16H25ClN2O2/c1-4-9-21-16-14(17)10-13(11-15(16)20-3)12-19-8-6-7-18-5-2/h4,10-11,18-19H,1,5-9,12H2,2-3H3. The summed E-state index contributed by atoms with van der Waals surface area (Å²) in [5.41, 5.74) is 1.08. The van der Waals surface area contributed by atoms with Crippen molar-refractivity contribution in [1.29, 1.82) is 0 Å². The molecule has 0 aliphatic carbocycles. The molecule has 2 N–H and O–H groups in total. The smallest absolute Gasteiger partial charge is 0.180 e. The Morgan fingerprint density at radius 1 is 1.29 bits per heavy atom. The molecule has 0 fully saturated rings. The van der Waals surface area contributed by atoms with Gasteiger partial charge in [0.25, 0.3) is 0 Å². The van der Waals surface area contributed by atoms with Gasteiger partial charge in [-0.25, -0.2) is 0 Å². The van der Waals surface area contributed by atoms with Crippen LogP contribution in [0.5, 0.6) is 11.5 Å². The molecule has 0 radical (unpaired) electrons. The zero-order chi connectivity index (χ0) is 15.5. The summed E-state index contributed by atoms with van der Waals surface area (Å²) in [7, 11) is 1.61. The van der Waals surface area contributed by atoms with Crippen molar-refractivity contribution in [2.45, 2.75) is 19.9 Å². The fraction of sp³-hybridized carbons (Fsp3) is 0.500. The minimum atomic E-state index is 0.401. The maximum absolute atomic E-state index is 6.25. The molecule has 118 valence electrons. The Balaban J connectivity index is 2.55. The lowest BCUT2D eigenvalue weighted by Crippen LogP contribution is -2.21. The highest BCUT2D eigenvalue weighted by Crippen LogP contribution is 2.36. The first kappa shape index (κ1) is 17.8. The average Bonchev–Trinajstić information content (AvgIpc) is 2.49. The van der Waals surface area contributed by atoms with Crippen LogP contribution in [0.3, 0.4) is 0 Å². The number of ether oxygens (including phenoxy) is 2. The zero-order valence-electron chi connectivity index (χ0n) is 12.9. The van der Waals surface area contributed by atoms with Gasteiger partial charge in [0.05, 0.1) is 12.1 Å². The first-order chi connectivity index (χ1) is 10.2. The average molecular weight is 313 g/mol. The van der Waals surface area contributed by atoms with Crippen molar-refractivity contribution in [3.05, 3.63) is 35.4 Å². The van der Waals surface area contributed by atoms with Gasteiger partial charge in [-0.05, 0) is 43.8 Å². The Labute approximate surface area is 132 Å². The Kier molecular flexibility index (Phi) is 8.90. The van der Waals surface area contributed by atoms with Gasteiger partial charge in [-0.15, -0.1) is 0 Å². The predicted octanol–water partition coefficient (Wildman–Crippen LogP) is 3.00. The monoisotopic (exact) mass is 312 g/mol. The molecule has 0 aromatic heterocycles. The van der Waals surface area contributed by atoms with E-state index in [2.05, 4.69) is 24.1 Å². The summed E-state index contributed by atoms with van der Waals surface area (Å²) in [6.45, 7) is 9.89. The summed E-state index contributed by atoms with van der Waals surface area (Å²) in [4.78, 5) is 0. The van der Waals surface area contributed by atoms with Gasteiger partial charge in [0.1, 0.15) is 6.61 Å². The van der Waals surface area contributed by atoms with E-state index in [-0.39, 0.29) is 0 Å². The third-order valence-electron chi connectivity index (χ3n) is 2.92. The molecule has 0 aliphatic heterocycles. The van der Waals surface area contributed by atoms with Crippen LogP contribution in [-0.2, 0) is 6.54 Å². The van der Waals surface area contributed by atoms with Crippen molar-refractivity contribution in [2.24, 2.45) is 0 Å². The molecule has 0 atom stereocenters. The molecule has 0 saturated carbocycles. The molecule has 4 nitrogen and oxygen atoms in total. The highest BCUT2D eigenvalue weighted by molar-refractivity contribution is 6.32. The number of rotatable bonds is 11. The van der Waals surface area contributed by atoms with Crippen LogP contribution in [0.1, 0.15) is 18.9 Å². The maximum Gasteiger partial charge on any atom is 0.180 e. The first-order valence-corrected chi connectivity index (χ1v) is 7.62. The fourth-order valence-electron chi connectivity index (χ4n) is 1.91. The molecule has 0 bridgehead atoms. The van der Waals surface area contributed by atoms with E-state index in [1.165, 1.54) is 0 Å². The van der Waals surface area contributed by atoms with Crippen LogP contribution >= 0.6 is 11.6 Å². The van der Waals surface area contributed by atoms with Gasteiger partial charge < -0.3 is 20.1 Å². The molecular weight excluding hydrogens is 288 g/mol. The quantitative estimate of drug-likeness (QED) is 0.487. The Morgan fingerprint density at radius 3 is 2.71 bits per heavy atom. The predicted molar refractivity (Wildman–Crippen MR) is 88.6 cm³/mol. The lowest BCUT2D eigenvalue weighted by Gasteiger charge is -2.13. The molecule has 1 aromatic carbocycles. The number of benzene rings is 1. The van der Waals surface area contributed by atoms with Crippen LogP contribution in [0.2, 0.25) is 5.02 Å². The van der Waals surface area contributed by atoms with E-state index in [1.54, 1.807) is 13.2 Å². The van der Waals surface area contributed by atoms with Gasteiger partial charge in [0.2, 0.25) is 0 Å². The Morgan fingerprint density at radius 2 is 2.05 bits per heavy atom. The fourth-order valence-corrected chi connectivity index (χ4v) is 2.19. The zero-order valence-corrected chi connectivity index (χ0v) is 13.6. The minimum Gasteiger partial charge on any atom is -0.493 e. The summed E-state index contributed by atoms with van der Waals surface area (Å²) >= 11 is 6.25. The number of hydrogen-bond acceptors (Lipinski definition) is 4. The van der Waals surface area contributed by atoms with E-state index in [9.17, 15) is 0 Å². The molecule has 1 rings (SSSR count). The van der Waals surface area contributed by atoms with Gasteiger partial charge in [-0.1, -0.05) is 31.2 Å². The van der Waals surface area contributed by atoms with Crippen LogP contribution in [0.4, 0.5) is 0 Å². The molecule has 0 aliphatic rings. The molecule has 0 unspecified atom stereocenters. The second kappa shape index (κ2) is 10.5. The summed E-state index contributed by atoms with van der Waals surface area (Å²) in [6.07, 6.45) is 2.77. The van der Waals surface area contributed by atoms with E-state index < -0.39 is 0 Å². The van der Waals surface area contributed by atoms with E-state index >= 15 is 0 Å². The third-order valence-corrected chi connectivity index (χ3v) is 3.20. The summed E-state index contributed by atoms with van der Waals surface area (Å²) in [5.74, 6) is 1.21. The summed E-state index contributed by atoms with van der Waals surface area (Å²) < 4.78 is 10.9. The van der Waals surface area contributed by atoms with Gasteiger partial charge in [0.15, 0.2) is 11.5 Å². The molecule has 21 heavy (non-hydrogen) atoms. The van der Waals surface area contributed by atoms with Crippen LogP contribution in [-0.4, -0.2) is 33.4 Å². The van der Waals surface area contributed by atoms with E-state index in [0.29, 0.717) is 23.1 Å². The van der Waals surface area contributed by atoms with Crippen molar-refractivity contribution in [3.8, 4) is 11.5 Å². The van der Waals surface area contributed by atoms with E-state index in [1.807, 2.05) is 12.1 Å². The number of methoxy groups -OCH3 is 1. The molecule has 5 heteroatoms. The Bertz CT molecular complexity index is 439. The van der Waals surface area contributed by atoms with Crippen LogP contribution < -0.4 is 20.1 Å². The molecule has 1 aromatic rings. The van der Waals surface area contributed by atoms with Crippen molar-refractivity contribution in [2.75, 3.05) is 33.4 Å². The van der Waals surface area contributed by atoms with Crippen molar-refractivity contribution < 1.29 is 9.47 Å². The third kappa shape index (κ3) is 6.38. The lowest BCUT2D eigenvalue weighted by atomic mass is 10.2. The molecular formula is C16H25ClN2O2. The number of halogens is 1. The highest BCUT2D eigenvalue weighted by Gasteiger charge is 2.11. The van der Waals surface area contributed by atoms with Gasteiger partial charge in [-0.3, -0.25) is 0 Å². The minimum absolute atomic E-state index is 0.401. The normalized spacial score (nSPS) is 10.4. The molecule has 0 spiro atoms. The highest BCUT2D eigenvalue weighted by atomic mass is 35.5. The largest absolute Gasteiger partial charge is 0.493 e. The van der Waals surface area contributed by atoms with Crippen LogP contribution in [0.25, 0.3) is 0 Å². The van der Waals surface area contributed by atoms with Crippen molar-refractivity contribution >= 4 is 11.6 Å². The maximum atomic E-state index is 6.25. The molecule has 0 heterocycles. The van der Waals surface area contributed by atoms with Gasteiger partial charge in [-0.2, -0.15) is 0 Å². The molecule has 0 saturated heterocycles. The SMILES string of the molecule is C=CCOc1c(Cl)cc(CNCCCNCC)cc1OC. The summed E-state index contributed by atoms with van der Waals surface area (Å²) in [6, 6.07) is 3.85. The van der Waals surface area contributed by atoms with Gasteiger partial charge >= 0.3 is 0 Å². The summed E-state index contributed by atoms with van der Waals surface area (Å²) in [5, 5.41) is 7.24. The topological polar surface area (TPSA) is 42.5 Å². The van der Waals surface area contributed by atoms with Crippen LogP contribution in [0, 0.1) is 0 Å². The van der Waals surface area contributed by atoms with E-state index in [4.69, 9.17) is 21.1 Å². The second-order valence-electron chi connectivity index (χ2n) is 4.59. The van der Waals surface area contributed by atoms with Crippen molar-refractivity contribution in [3.63, 3.8) is 0 Å². The Hall–Kier alpha value is -1.23. The number of nitrogens with one attached hydrogen (secondary N) is 2. The van der Waals surface area contributed by atoms with Crippen molar-refractivity contribution in [1.82, 2.24) is 10.6 Å². The second-order valence-corrected chi connectivity index (χ2v) is 5.00. The lowest BCUT2D eigenvalue weighted by molar-refractivity contribution is 0.326. The number of hydrogen-bond donors (Lipinski definition) is 2. The van der Waals surface area contributed by atoms with Gasteiger partial charge in [0, 0.05) is 6.54 Å².